The first-order valence-electron chi connectivity index (χ1n) is 4.48. The minimum Gasteiger partial charge on any atom is -0.481 e. The van der Waals surface area contributed by atoms with Crippen LogP contribution in [-0.2, 0) is 9.59 Å². The molecule has 0 radical (unpaired) electrons. The van der Waals surface area contributed by atoms with Crippen molar-refractivity contribution in [1.29, 1.82) is 0 Å². The molecule has 1 rings (SSSR count). The van der Waals surface area contributed by atoms with E-state index in [0.717, 1.165) is 6.42 Å². The van der Waals surface area contributed by atoms with Gasteiger partial charge >= 0.3 is 5.97 Å². The van der Waals surface area contributed by atoms with Crippen LogP contribution < -0.4 is 5.73 Å². The number of carboxylic acid groups (broad SMARTS) is 1. The average molecular weight is 195 g/mol. The van der Waals surface area contributed by atoms with Crippen LogP contribution in [0.15, 0.2) is 23.8 Å². The first kappa shape index (κ1) is 10.7. The average Bonchev–Trinajstić information content (AvgIpc) is 2.17. The smallest absolute Gasteiger partial charge is 0.305 e. The number of Topliss-reactive ketones (excluding diaryl/α,β-unsaturated/α-hetero) is 1. The van der Waals surface area contributed by atoms with Gasteiger partial charge in [0.2, 0.25) is 0 Å². The Morgan fingerprint density at radius 3 is 2.79 bits per heavy atom. The molecule has 3 N–H and O–H groups in total. The maximum Gasteiger partial charge on any atom is 0.305 e. The van der Waals surface area contributed by atoms with E-state index in [1.54, 1.807) is 12.2 Å². The maximum atomic E-state index is 11.5. The lowest BCUT2D eigenvalue weighted by atomic mass is 9.95. The summed E-state index contributed by atoms with van der Waals surface area (Å²) >= 11 is 0. The van der Waals surface area contributed by atoms with Crippen LogP contribution in [0.4, 0.5) is 0 Å². The topological polar surface area (TPSA) is 80.4 Å². The predicted octanol–water partition coefficient (Wildman–Crippen LogP) is 0.634. The molecule has 0 saturated carbocycles. The minimum atomic E-state index is -1.04. The molecule has 0 aromatic carbocycles. The summed E-state index contributed by atoms with van der Waals surface area (Å²) in [5, 5.41) is 8.47. The molecule has 76 valence electrons. The van der Waals surface area contributed by atoms with Gasteiger partial charge in [0.15, 0.2) is 5.78 Å². The van der Waals surface area contributed by atoms with Gasteiger partial charge in [0.1, 0.15) is 0 Å². The normalized spacial score (nSPS) is 17.4. The molecule has 0 fully saturated rings. The minimum absolute atomic E-state index is 0.253. The van der Waals surface area contributed by atoms with E-state index < -0.39 is 12.0 Å². The maximum absolute atomic E-state index is 11.5. The first-order valence-corrected chi connectivity index (χ1v) is 4.48. The Labute approximate surface area is 82.1 Å². The van der Waals surface area contributed by atoms with Gasteiger partial charge in [0.25, 0.3) is 0 Å². The monoisotopic (exact) mass is 195 g/mol. The molecular weight excluding hydrogens is 182 g/mol. The second-order valence-electron chi connectivity index (χ2n) is 3.23. The first-order chi connectivity index (χ1) is 6.61. The lowest BCUT2D eigenvalue weighted by molar-refractivity contribution is -0.138. The molecule has 0 spiro atoms. The van der Waals surface area contributed by atoms with Gasteiger partial charge < -0.3 is 10.8 Å². The van der Waals surface area contributed by atoms with Crippen molar-refractivity contribution in [3.63, 3.8) is 0 Å². The molecule has 0 heterocycles. The van der Waals surface area contributed by atoms with Crippen molar-refractivity contribution < 1.29 is 14.7 Å². The highest BCUT2D eigenvalue weighted by atomic mass is 16.4. The number of carbonyl (C=O) groups excluding carboxylic acids is 1. The van der Waals surface area contributed by atoms with Crippen LogP contribution in [0.5, 0.6) is 0 Å². The van der Waals surface area contributed by atoms with E-state index in [2.05, 4.69) is 0 Å². The fraction of sp³-hybridized carbons (Fsp3) is 0.400. The Bertz CT molecular complexity index is 304. The predicted molar refractivity (Wildman–Crippen MR) is 51.7 cm³/mol. The number of carboxylic acids is 1. The van der Waals surface area contributed by atoms with E-state index in [0.29, 0.717) is 12.0 Å². The second-order valence-corrected chi connectivity index (χ2v) is 3.23. The summed E-state index contributed by atoms with van der Waals surface area (Å²) in [5.41, 5.74) is 6.08. The fourth-order valence-corrected chi connectivity index (χ4v) is 1.33. The third-order valence-electron chi connectivity index (χ3n) is 2.06. The Hall–Kier alpha value is -1.42. The number of allylic oxidation sites excluding steroid dienone is 3. The highest BCUT2D eigenvalue weighted by Crippen LogP contribution is 2.14. The Morgan fingerprint density at radius 1 is 1.57 bits per heavy atom. The van der Waals surface area contributed by atoms with Crippen LogP contribution in [0.2, 0.25) is 0 Å². The lowest BCUT2D eigenvalue weighted by Crippen LogP contribution is -2.34. The molecule has 0 saturated heterocycles. The third kappa shape index (κ3) is 2.81. The van der Waals surface area contributed by atoms with Crippen molar-refractivity contribution >= 4 is 11.8 Å². The van der Waals surface area contributed by atoms with Gasteiger partial charge in [-0.3, -0.25) is 9.59 Å². The molecule has 4 heteroatoms. The van der Waals surface area contributed by atoms with Gasteiger partial charge in [-0.2, -0.15) is 0 Å². The molecule has 0 unspecified atom stereocenters. The van der Waals surface area contributed by atoms with Crippen molar-refractivity contribution in [2.75, 3.05) is 0 Å². The van der Waals surface area contributed by atoms with E-state index in [4.69, 9.17) is 10.8 Å². The SMILES string of the molecule is N[C@@H](CC(=O)O)C(=O)C1=CC=CCC1. The van der Waals surface area contributed by atoms with Gasteiger partial charge in [-0.25, -0.2) is 0 Å². The van der Waals surface area contributed by atoms with E-state index in [9.17, 15) is 9.59 Å². The van der Waals surface area contributed by atoms with Crippen molar-refractivity contribution in [3.05, 3.63) is 23.8 Å². The molecule has 0 aromatic rings. The zero-order chi connectivity index (χ0) is 10.6. The molecule has 1 aliphatic carbocycles. The largest absolute Gasteiger partial charge is 0.481 e. The zero-order valence-electron chi connectivity index (χ0n) is 7.77. The van der Waals surface area contributed by atoms with Crippen LogP contribution >= 0.6 is 0 Å². The molecule has 4 nitrogen and oxygen atoms in total. The van der Waals surface area contributed by atoms with Crippen LogP contribution in [0.25, 0.3) is 0 Å². The van der Waals surface area contributed by atoms with E-state index >= 15 is 0 Å². The van der Waals surface area contributed by atoms with Crippen LogP contribution in [0.3, 0.4) is 0 Å². The number of hydrogen-bond donors (Lipinski definition) is 2. The Balaban J connectivity index is 2.60. The molecule has 0 amide bonds. The lowest BCUT2D eigenvalue weighted by Gasteiger charge is -2.12. The van der Waals surface area contributed by atoms with Gasteiger partial charge in [-0.05, 0) is 18.4 Å². The summed E-state index contributed by atoms with van der Waals surface area (Å²) in [5.74, 6) is -1.30. The van der Waals surface area contributed by atoms with Crippen LogP contribution in [0.1, 0.15) is 19.3 Å². The Morgan fingerprint density at radius 2 is 2.29 bits per heavy atom. The fourth-order valence-electron chi connectivity index (χ4n) is 1.33. The summed E-state index contributed by atoms with van der Waals surface area (Å²) in [6.45, 7) is 0. The number of aliphatic carboxylic acids is 1. The van der Waals surface area contributed by atoms with E-state index in [1.165, 1.54) is 0 Å². The molecule has 0 aliphatic heterocycles. The van der Waals surface area contributed by atoms with Gasteiger partial charge in [0.05, 0.1) is 12.5 Å². The van der Waals surface area contributed by atoms with Gasteiger partial charge in [0, 0.05) is 0 Å². The van der Waals surface area contributed by atoms with Crippen molar-refractivity contribution in [2.24, 2.45) is 5.73 Å². The summed E-state index contributed by atoms with van der Waals surface area (Å²) in [6.07, 6.45) is 6.62. The molecule has 14 heavy (non-hydrogen) atoms. The second kappa shape index (κ2) is 4.72. The highest BCUT2D eigenvalue weighted by molar-refractivity contribution is 6.01. The number of ketones is 1. The van der Waals surface area contributed by atoms with Crippen molar-refractivity contribution in [2.45, 2.75) is 25.3 Å². The van der Waals surface area contributed by atoms with Crippen LogP contribution in [-0.4, -0.2) is 22.9 Å². The van der Waals surface area contributed by atoms with E-state index in [1.807, 2.05) is 6.08 Å². The number of rotatable bonds is 4. The zero-order valence-corrected chi connectivity index (χ0v) is 7.77. The molecular formula is C10H13NO3. The van der Waals surface area contributed by atoms with Gasteiger partial charge in [-0.15, -0.1) is 0 Å². The molecule has 0 bridgehead atoms. The Kier molecular flexibility index (Phi) is 3.59. The molecule has 0 aromatic heterocycles. The number of hydrogen-bond acceptors (Lipinski definition) is 3. The quantitative estimate of drug-likeness (QED) is 0.689. The summed E-state index contributed by atoms with van der Waals surface area (Å²) < 4.78 is 0. The highest BCUT2D eigenvalue weighted by Gasteiger charge is 2.20. The van der Waals surface area contributed by atoms with E-state index in [-0.39, 0.29) is 12.2 Å². The third-order valence-corrected chi connectivity index (χ3v) is 2.06. The molecule has 1 aliphatic rings. The number of nitrogens with two attached hydrogens (primary N) is 1. The van der Waals surface area contributed by atoms with Crippen molar-refractivity contribution in [3.8, 4) is 0 Å². The summed E-state index contributed by atoms with van der Waals surface area (Å²) in [6, 6.07) is -0.912. The van der Waals surface area contributed by atoms with Gasteiger partial charge in [-0.1, -0.05) is 18.2 Å². The summed E-state index contributed by atoms with van der Waals surface area (Å²) in [7, 11) is 0. The number of carbonyl (C=O) groups is 2. The molecule has 1 atom stereocenters. The van der Waals surface area contributed by atoms with Crippen LogP contribution in [0, 0.1) is 0 Å². The standard InChI is InChI=1S/C10H13NO3/c11-8(6-9(12)13)10(14)7-4-2-1-3-5-7/h1-2,4,8H,3,5-6,11H2,(H,12,13)/t8-/m0/s1. The van der Waals surface area contributed by atoms with Crippen molar-refractivity contribution in [1.82, 2.24) is 0 Å². The summed E-state index contributed by atoms with van der Waals surface area (Å²) in [4.78, 5) is 21.9.